The first-order chi connectivity index (χ1) is 9.40. The van der Waals surface area contributed by atoms with E-state index in [9.17, 15) is 9.90 Å². The Labute approximate surface area is 127 Å². The molecule has 0 bridgehead atoms. The molecule has 5 nitrogen and oxygen atoms in total. The molecule has 1 atom stereocenters. The molecule has 0 aliphatic carbocycles. The molecule has 0 saturated carbocycles. The predicted octanol–water partition coefficient (Wildman–Crippen LogP) is 2.67. The number of hydrogen-bond acceptors (Lipinski definition) is 4. The van der Waals surface area contributed by atoms with Crippen molar-refractivity contribution in [1.29, 1.82) is 0 Å². The summed E-state index contributed by atoms with van der Waals surface area (Å²) in [5, 5.41) is 12.2. The first-order valence-corrected chi connectivity index (χ1v) is 7.06. The Morgan fingerprint density at radius 2 is 2.00 bits per heavy atom. The first kappa shape index (κ1) is 16.8. The number of nitrogens with one attached hydrogen (secondary N) is 1. The third-order valence-corrected chi connectivity index (χ3v) is 3.42. The van der Waals surface area contributed by atoms with Gasteiger partial charge in [-0.25, -0.2) is 0 Å². The average molecular weight is 346 g/mol. The van der Waals surface area contributed by atoms with Gasteiger partial charge in [0.2, 0.25) is 0 Å². The zero-order chi connectivity index (χ0) is 15.3. The highest BCUT2D eigenvalue weighted by Gasteiger charge is 2.21. The maximum Gasteiger partial charge on any atom is 0.320 e. The number of benzene rings is 1. The van der Waals surface area contributed by atoms with E-state index in [4.69, 9.17) is 9.47 Å². The lowest BCUT2D eigenvalue weighted by atomic mass is 10.0. The van der Waals surface area contributed by atoms with Gasteiger partial charge in [0, 0.05) is 16.6 Å². The summed E-state index contributed by atoms with van der Waals surface area (Å²) in [6.45, 7) is 4.11. The molecule has 1 aromatic carbocycles. The molecule has 0 aromatic heterocycles. The summed E-state index contributed by atoms with van der Waals surface area (Å²) in [5.74, 6) is 0.347. The summed E-state index contributed by atoms with van der Waals surface area (Å²) >= 11 is 3.40. The van der Waals surface area contributed by atoms with Crippen molar-refractivity contribution in [3.63, 3.8) is 0 Å². The van der Waals surface area contributed by atoms with Crippen LogP contribution < -0.4 is 14.8 Å². The van der Waals surface area contributed by atoms with E-state index in [-0.39, 0.29) is 5.92 Å². The van der Waals surface area contributed by atoms with Crippen molar-refractivity contribution >= 4 is 21.9 Å². The Kier molecular flexibility index (Phi) is 6.29. The van der Waals surface area contributed by atoms with E-state index in [1.807, 2.05) is 19.9 Å². The molecule has 0 fully saturated rings. The fourth-order valence-electron chi connectivity index (χ4n) is 1.97. The summed E-state index contributed by atoms with van der Waals surface area (Å²) in [6, 6.07) is 3.08. The summed E-state index contributed by atoms with van der Waals surface area (Å²) in [7, 11) is 3.13. The van der Waals surface area contributed by atoms with Crippen LogP contribution in [-0.2, 0) is 11.3 Å². The molecule has 0 saturated heterocycles. The van der Waals surface area contributed by atoms with Gasteiger partial charge in [-0.3, -0.25) is 10.1 Å². The molecule has 0 aliphatic heterocycles. The quantitative estimate of drug-likeness (QED) is 0.795. The van der Waals surface area contributed by atoms with Crippen LogP contribution in [0.1, 0.15) is 19.4 Å². The standard InChI is InChI=1S/C14H20BrNO4/c1-8(2)12(14(17)18)16-7-9-5-10(15)6-11(19-3)13(9)20-4/h5-6,8,12,16H,7H2,1-4H3,(H,17,18). The van der Waals surface area contributed by atoms with E-state index >= 15 is 0 Å². The van der Waals surface area contributed by atoms with Crippen LogP contribution in [0, 0.1) is 5.92 Å². The molecule has 2 N–H and O–H groups in total. The van der Waals surface area contributed by atoms with Crippen molar-refractivity contribution in [3.05, 3.63) is 22.2 Å². The number of hydrogen-bond donors (Lipinski definition) is 2. The van der Waals surface area contributed by atoms with Crippen molar-refractivity contribution in [1.82, 2.24) is 5.32 Å². The molecule has 0 radical (unpaired) electrons. The molecular formula is C14H20BrNO4. The summed E-state index contributed by atoms with van der Waals surface area (Å²) in [6.07, 6.45) is 0. The van der Waals surface area contributed by atoms with E-state index in [0.717, 1.165) is 10.0 Å². The maximum absolute atomic E-state index is 11.2. The average Bonchev–Trinajstić information content (AvgIpc) is 2.37. The topological polar surface area (TPSA) is 67.8 Å². The van der Waals surface area contributed by atoms with Gasteiger partial charge in [-0.1, -0.05) is 29.8 Å². The minimum absolute atomic E-state index is 0.00690. The first-order valence-electron chi connectivity index (χ1n) is 6.27. The number of rotatable bonds is 7. The summed E-state index contributed by atoms with van der Waals surface area (Å²) in [4.78, 5) is 11.2. The molecule has 1 rings (SSSR count). The minimum atomic E-state index is -0.860. The Hall–Kier alpha value is -1.27. The second-order valence-electron chi connectivity index (χ2n) is 4.74. The van der Waals surface area contributed by atoms with Gasteiger partial charge in [-0.2, -0.15) is 0 Å². The monoisotopic (exact) mass is 345 g/mol. The van der Waals surface area contributed by atoms with Gasteiger partial charge < -0.3 is 14.6 Å². The number of halogens is 1. The van der Waals surface area contributed by atoms with Crippen LogP contribution in [0.4, 0.5) is 0 Å². The van der Waals surface area contributed by atoms with Crippen LogP contribution in [0.15, 0.2) is 16.6 Å². The Morgan fingerprint density at radius 1 is 1.35 bits per heavy atom. The Bertz CT molecular complexity index is 476. The molecule has 1 unspecified atom stereocenters. The maximum atomic E-state index is 11.2. The fraction of sp³-hybridized carbons (Fsp3) is 0.500. The van der Waals surface area contributed by atoms with Gasteiger partial charge >= 0.3 is 5.97 Å². The Balaban J connectivity index is 2.97. The number of methoxy groups -OCH3 is 2. The van der Waals surface area contributed by atoms with Gasteiger partial charge in [0.15, 0.2) is 11.5 Å². The molecule has 0 amide bonds. The molecule has 6 heteroatoms. The second kappa shape index (κ2) is 7.50. The number of carboxylic acid groups (broad SMARTS) is 1. The predicted molar refractivity (Wildman–Crippen MR) is 80.3 cm³/mol. The van der Waals surface area contributed by atoms with E-state index in [1.54, 1.807) is 20.3 Å². The number of ether oxygens (including phenoxy) is 2. The van der Waals surface area contributed by atoms with Crippen LogP contribution in [0.25, 0.3) is 0 Å². The van der Waals surface area contributed by atoms with Crippen LogP contribution in [-0.4, -0.2) is 31.3 Å². The highest BCUT2D eigenvalue weighted by Crippen LogP contribution is 2.34. The highest BCUT2D eigenvalue weighted by molar-refractivity contribution is 9.10. The lowest BCUT2D eigenvalue weighted by Crippen LogP contribution is -2.40. The third kappa shape index (κ3) is 4.11. The molecule has 1 aromatic rings. The van der Waals surface area contributed by atoms with Gasteiger partial charge in [-0.05, 0) is 18.1 Å². The van der Waals surface area contributed by atoms with Gasteiger partial charge in [-0.15, -0.1) is 0 Å². The zero-order valence-electron chi connectivity index (χ0n) is 12.1. The van der Waals surface area contributed by atoms with E-state index in [2.05, 4.69) is 21.2 Å². The Morgan fingerprint density at radius 3 is 2.45 bits per heavy atom. The van der Waals surface area contributed by atoms with E-state index < -0.39 is 12.0 Å². The normalized spacial score (nSPS) is 12.3. The summed E-state index contributed by atoms with van der Waals surface area (Å²) < 4.78 is 11.5. The zero-order valence-corrected chi connectivity index (χ0v) is 13.7. The molecular weight excluding hydrogens is 326 g/mol. The molecule has 0 spiro atoms. The van der Waals surface area contributed by atoms with E-state index in [0.29, 0.717) is 18.0 Å². The summed E-state index contributed by atoms with van der Waals surface area (Å²) in [5.41, 5.74) is 0.839. The van der Waals surface area contributed by atoms with Crippen molar-refractivity contribution in [2.45, 2.75) is 26.4 Å². The fourth-order valence-corrected chi connectivity index (χ4v) is 2.45. The third-order valence-electron chi connectivity index (χ3n) is 2.97. The number of carbonyl (C=O) groups is 1. The van der Waals surface area contributed by atoms with Crippen molar-refractivity contribution in [2.24, 2.45) is 5.92 Å². The molecule has 0 aliphatic rings. The van der Waals surface area contributed by atoms with Crippen molar-refractivity contribution in [3.8, 4) is 11.5 Å². The van der Waals surface area contributed by atoms with Crippen LogP contribution in [0.2, 0.25) is 0 Å². The van der Waals surface area contributed by atoms with Gasteiger partial charge in [0.25, 0.3) is 0 Å². The smallest absolute Gasteiger partial charge is 0.320 e. The lowest BCUT2D eigenvalue weighted by Gasteiger charge is -2.20. The molecule has 20 heavy (non-hydrogen) atoms. The van der Waals surface area contributed by atoms with Crippen molar-refractivity contribution in [2.75, 3.05) is 14.2 Å². The second-order valence-corrected chi connectivity index (χ2v) is 5.66. The van der Waals surface area contributed by atoms with Crippen LogP contribution >= 0.6 is 15.9 Å². The van der Waals surface area contributed by atoms with E-state index in [1.165, 1.54) is 0 Å². The SMILES string of the molecule is COc1cc(Br)cc(CNC(C(=O)O)C(C)C)c1OC. The minimum Gasteiger partial charge on any atom is -0.493 e. The van der Waals surface area contributed by atoms with Crippen LogP contribution in [0.3, 0.4) is 0 Å². The number of carboxylic acids is 1. The van der Waals surface area contributed by atoms with Crippen molar-refractivity contribution < 1.29 is 19.4 Å². The number of aliphatic carboxylic acids is 1. The molecule has 112 valence electrons. The van der Waals surface area contributed by atoms with Gasteiger partial charge in [0.1, 0.15) is 6.04 Å². The lowest BCUT2D eigenvalue weighted by molar-refractivity contribution is -0.140. The largest absolute Gasteiger partial charge is 0.493 e. The molecule has 0 heterocycles. The van der Waals surface area contributed by atoms with Gasteiger partial charge in [0.05, 0.1) is 14.2 Å². The van der Waals surface area contributed by atoms with Crippen LogP contribution in [0.5, 0.6) is 11.5 Å². The highest BCUT2D eigenvalue weighted by atomic mass is 79.9.